The number of para-hydroxylation sites is 1. The number of rotatable bonds is 15. The molecule has 1 aliphatic rings. The Kier molecular flexibility index (Phi) is 13.1. The summed E-state index contributed by atoms with van der Waals surface area (Å²) in [5.41, 5.74) is 8.34. The zero-order valence-corrected chi connectivity index (χ0v) is 27.4. The molecule has 1 fully saturated rings. The number of aromatic nitrogens is 1. The number of hydrogen-bond acceptors (Lipinski definition) is 6. The summed E-state index contributed by atoms with van der Waals surface area (Å²) in [4.78, 5) is 72.8. The molecule has 0 bridgehead atoms. The van der Waals surface area contributed by atoms with Gasteiger partial charge in [0.15, 0.2) is 0 Å². The van der Waals surface area contributed by atoms with Crippen LogP contribution in [0.25, 0.3) is 10.9 Å². The zero-order chi connectivity index (χ0) is 33.8. The first-order chi connectivity index (χ1) is 22.7. The first-order valence-corrected chi connectivity index (χ1v) is 16.7. The highest BCUT2D eigenvalue weighted by atomic mass is 16.2. The molecule has 0 saturated carbocycles. The van der Waals surface area contributed by atoms with Crippen LogP contribution in [0.3, 0.4) is 0 Å². The average molecular weight is 645 g/mol. The Hall–Kier alpha value is -4.51. The smallest absolute Gasteiger partial charge is 0.252 e. The maximum absolute atomic E-state index is 14.3. The summed E-state index contributed by atoms with van der Waals surface area (Å²) in [6.07, 6.45) is 4.56. The Morgan fingerprint density at radius 3 is 2.49 bits per heavy atom. The van der Waals surface area contributed by atoms with Gasteiger partial charge in [0.25, 0.3) is 5.91 Å². The molecule has 1 saturated heterocycles. The van der Waals surface area contributed by atoms with Crippen molar-refractivity contribution in [2.24, 2.45) is 11.7 Å². The van der Waals surface area contributed by atoms with Crippen LogP contribution in [-0.4, -0.2) is 70.6 Å². The first-order valence-electron chi connectivity index (χ1n) is 16.7. The molecule has 47 heavy (non-hydrogen) atoms. The normalized spacial score (nSPS) is 17.6. The number of hydrogen-bond donors (Lipinski definition) is 5. The van der Waals surface area contributed by atoms with E-state index in [0.29, 0.717) is 25.9 Å². The summed E-state index contributed by atoms with van der Waals surface area (Å²) in [5, 5.41) is 9.64. The Morgan fingerprint density at radius 2 is 1.74 bits per heavy atom. The second-order valence-corrected chi connectivity index (χ2v) is 12.4. The van der Waals surface area contributed by atoms with Gasteiger partial charge in [-0.05, 0) is 55.3 Å². The summed E-state index contributed by atoms with van der Waals surface area (Å²) in [5.74, 6) is -2.19. The van der Waals surface area contributed by atoms with Crippen molar-refractivity contribution in [1.29, 1.82) is 0 Å². The minimum atomic E-state index is -1.19. The van der Waals surface area contributed by atoms with Gasteiger partial charge in [0, 0.05) is 49.3 Å². The van der Waals surface area contributed by atoms with E-state index in [4.69, 9.17) is 5.73 Å². The maximum atomic E-state index is 14.3. The molecule has 0 aliphatic carbocycles. The van der Waals surface area contributed by atoms with Gasteiger partial charge < -0.3 is 26.7 Å². The van der Waals surface area contributed by atoms with E-state index < -0.39 is 35.8 Å². The van der Waals surface area contributed by atoms with Crippen molar-refractivity contribution in [2.45, 2.75) is 89.8 Å². The van der Waals surface area contributed by atoms with E-state index in [1.165, 1.54) is 0 Å². The molecule has 0 spiro atoms. The number of aromatic amines is 1. The monoisotopic (exact) mass is 644 g/mol. The van der Waals surface area contributed by atoms with Crippen molar-refractivity contribution in [2.75, 3.05) is 13.1 Å². The van der Waals surface area contributed by atoms with Gasteiger partial charge in [-0.25, -0.2) is 0 Å². The van der Waals surface area contributed by atoms with Crippen LogP contribution >= 0.6 is 0 Å². The number of benzene rings is 2. The number of nitrogens with one attached hydrogen (secondary N) is 4. The molecule has 4 rings (SSSR count). The third-order valence-electron chi connectivity index (χ3n) is 8.82. The molecular weight excluding hydrogens is 596 g/mol. The highest BCUT2D eigenvalue weighted by Gasteiger charge is 2.40. The largest absolute Gasteiger partial charge is 0.361 e. The summed E-state index contributed by atoms with van der Waals surface area (Å²) >= 11 is 0. The van der Waals surface area contributed by atoms with Crippen LogP contribution in [0.4, 0.5) is 0 Å². The van der Waals surface area contributed by atoms with Crippen molar-refractivity contribution in [1.82, 2.24) is 25.8 Å². The minimum absolute atomic E-state index is 0.0634. The molecule has 1 aliphatic heterocycles. The number of carbonyl (C=O) groups is 5. The average Bonchev–Trinajstić information content (AvgIpc) is 3.49. The first kappa shape index (κ1) is 35.3. The molecule has 1 unspecified atom stereocenters. The maximum Gasteiger partial charge on any atom is 0.252 e. The highest BCUT2D eigenvalue weighted by Crippen LogP contribution is 2.21. The molecule has 11 heteroatoms. The van der Waals surface area contributed by atoms with Crippen LogP contribution in [-0.2, 0) is 36.8 Å². The third-order valence-corrected chi connectivity index (χ3v) is 8.82. The zero-order valence-electron chi connectivity index (χ0n) is 27.4. The van der Waals surface area contributed by atoms with Crippen molar-refractivity contribution >= 4 is 40.4 Å². The predicted molar refractivity (Wildman–Crippen MR) is 181 cm³/mol. The third kappa shape index (κ3) is 9.74. The van der Waals surface area contributed by atoms with Crippen molar-refractivity contribution in [3.8, 4) is 0 Å². The summed E-state index contributed by atoms with van der Waals surface area (Å²) in [7, 11) is 0. The lowest BCUT2D eigenvalue weighted by atomic mass is 10.00. The number of unbranched alkanes of at least 4 members (excludes halogenated alkanes) is 1. The second-order valence-electron chi connectivity index (χ2n) is 12.4. The minimum Gasteiger partial charge on any atom is -0.361 e. The highest BCUT2D eigenvalue weighted by molar-refractivity contribution is 6.04. The van der Waals surface area contributed by atoms with Gasteiger partial charge in [-0.3, -0.25) is 28.9 Å². The molecule has 3 aromatic rings. The lowest BCUT2D eigenvalue weighted by Crippen LogP contribution is -2.60. The Balaban J connectivity index is 1.66. The molecule has 11 nitrogen and oxygen atoms in total. The predicted octanol–water partition coefficient (Wildman–Crippen LogP) is 3.12. The molecule has 5 amide bonds. The molecule has 252 valence electrons. The Labute approximate surface area is 276 Å². The fourth-order valence-electron chi connectivity index (χ4n) is 5.85. The van der Waals surface area contributed by atoms with E-state index in [9.17, 15) is 24.0 Å². The van der Waals surface area contributed by atoms with E-state index in [-0.39, 0.29) is 56.3 Å². The van der Waals surface area contributed by atoms with Crippen LogP contribution in [0.1, 0.15) is 69.9 Å². The van der Waals surface area contributed by atoms with E-state index in [1.807, 2.05) is 74.6 Å². The Bertz CT molecular complexity index is 1520. The van der Waals surface area contributed by atoms with Gasteiger partial charge in [0.2, 0.25) is 23.6 Å². The topological polar surface area (TPSA) is 166 Å². The van der Waals surface area contributed by atoms with Gasteiger partial charge in [0.05, 0.1) is 0 Å². The summed E-state index contributed by atoms with van der Waals surface area (Å²) < 4.78 is 0. The molecule has 4 atom stereocenters. The lowest BCUT2D eigenvalue weighted by molar-refractivity contribution is -0.154. The summed E-state index contributed by atoms with van der Waals surface area (Å²) in [6, 6.07) is 13.7. The SMILES string of the molecule is CCC(C)CNC(=O)[C@H](Cc1c[nH]c2ccccc12)NC(=O)[C@H](CCCCN)N1C(=O)CCCC(=O)N[C@@H](Cc2ccccc2)C1=O. The molecule has 2 heterocycles. The number of amides is 5. The van der Waals surface area contributed by atoms with Gasteiger partial charge >= 0.3 is 0 Å². The number of carbonyl (C=O) groups excluding carboxylic acids is 5. The number of nitrogens with two attached hydrogens (primary N) is 1. The molecule has 0 radical (unpaired) electrons. The fourth-order valence-corrected chi connectivity index (χ4v) is 5.85. The van der Waals surface area contributed by atoms with E-state index in [1.54, 1.807) is 0 Å². The molecule has 1 aromatic heterocycles. The van der Waals surface area contributed by atoms with Gasteiger partial charge in [-0.15, -0.1) is 0 Å². The molecule has 2 aromatic carbocycles. The van der Waals surface area contributed by atoms with E-state index in [0.717, 1.165) is 33.4 Å². The molecular formula is C36H48N6O5. The molecule has 6 N–H and O–H groups in total. The Morgan fingerprint density at radius 1 is 1.00 bits per heavy atom. The van der Waals surface area contributed by atoms with Crippen LogP contribution in [0.5, 0.6) is 0 Å². The standard InChI is InChI=1S/C36H48N6O5/c1-3-24(2)22-39-34(45)29(21-26-23-38-28-15-8-7-14-27(26)28)41-35(46)31(16-9-10-19-37)42-33(44)18-11-17-32(43)40-30(36(42)47)20-25-12-5-4-6-13-25/h4-8,12-15,23-24,29-31,38H,3,9-11,16-22,37H2,1-2H3,(H,39,45)(H,40,43)(H,41,46)/t24?,29-,30-,31-/m0/s1. The number of H-pyrrole nitrogens is 1. The second kappa shape index (κ2) is 17.4. The van der Waals surface area contributed by atoms with Crippen molar-refractivity contribution in [3.05, 3.63) is 71.9 Å². The number of fused-ring (bicyclic) bond motifs is 1. The van der Waals surface area contributed by atoms with Gasteiger partial charge in [-0.1, -0.05) is 68.8 Å². The van der Waals surface area contributed by atoms with Gasteiger partial charge in [0.1, 0.15) is 18.1 Å². The van der Waals surface area contributed by atoms with E-state index >= 15 is 0 Å². The van der Waals surface area contributed by atoms with Crippen LogP contribution < -0.4 is 21.7 Å². The van der Waals surface area contributed by atoms with Gasteiger partial charge in [-0.2, -0.15) is 0 Å². The van der Waals surface area contributed by atoms with Crippen LogP contribution in [0.15, 0.2) is 60.8 Å². The van der Waals surface area contributed by atoms with Crippen LogP contribution in [0, 0.1) is 5.92 Å². The van der Waals surface area contributed by atoms with Crippen LogP contribution in [0.2, 0.25) is 0 Å². The van der Waals surface area contributed by atoms with E-state index in [2.05, 4.69) is 20.9 Å². The van der Waals surface area contributed by atoms with Crippen molar-refractivity contribution in [3.63, 3.8) is 0 Å². The quantitative estimate of drug-likeness (QED) is 0.126. The fraction of sp³-hybridized carbons (Fsp3) is 0.472. The lowest BCUT2D eigenvalue weighted by Gasteiger charge is -2.33. The number of imide groups is 1. The summed E-state index contributed by atoms with van der Waals surface area (Å²) in [6.45, 7) is 4.90. The van der Waals surface area contributed by atoms with Crippen molar-refractivity contribution < 1.29 is 24.0 Å². The number of nitrogens with zero attached hydrogens (tertiary/aromatic N) is 1.